The fraction of sp³-hybridized carbons (Fsp3) is 0.304. The number of carbonyl (C=O) groups excluding carboxylic acids is 2. The van der Waals surface area contributed by atoms with E-state index in [2.05, 4.69) is 30.8 Å². The van der Waals surface area contributed by atoms with Crippen LogP contribution >= 0.6 is 27.3 Å². The van der Waals surface area contributed by atoms with Crippen molar-refractivity contribution in [2.45, 2.75) is 18.6 Å². The van der Waals surface area contributed by atoms with Crippen molar-refractivity contribution in [3.8, 4) is 0 Å². The number of carbonyl (C=O) groups is 2. The van der Waals surface area contributed by atoms with Gasteiger partial charge in [0, 0.05) is 43.1 Å². The van der Waals surface area contributed by atoms with Gasteiger partial charge in [0.05, 0.1) is 28.0 Å². The third-order valence-electron chi connectivity index (χ3n) is 5.71. The number of hydrogen-bond donors (Lipinski definition) is 1. The van der Waals surface area contributed by atoms with Crippen molar-refractivity contribution in [1.29, 1.82) is 0 Å². The molecule has 1 aliphatic rings. The van der Waals surface area contributed by atoms with Crippen LogP contribution in [0.5, 0.6) is 0 Å². The Bertz CT molecular complexity index is 1180. The molecule has 1 fully saturated rings. The van der Waals surface area contributed by atoms with Gasteiger partial charge in [0.15, 0.2) is 0 Å². The minimum Gasteiger partial charge on any atom is -0.383 e. The molecule has 0 radical (unpaired) electrons. The van der Waals surface area contributed by atoms with Crippen molar-refractivity contribution >= 4 is 62.3 Å². The van der Waals surface area contributed by atoms with Crippen molar-refractivity contribution in [2.24, 2.45) is 0 Å². The van der Waals surface area contributed by atoms with Crippen LogP contribution in [-0.4, -0.2) is 70.9 Å². The summed E-state index contributed by atoms with van der Waals surface area (Å²) in [6, 6.07) is 8.84. The molecule has 3 heterocycles. The molecule has 0 bridgehead atoms. The minimum absolute atomic E-state index is 0.133. The predicted octanol–water partition coefficient (Wildman–Crippen LogP) is 2.98. The van der Waals surface area contributed by atoms with Crippen molar-refractivity contribution in [1.82, 2.24) is 19.8 Å². The van der Waals surface area contributed by atoms with E-state index in [1.165, 1.54) is 6.33 Å². The molecule has 1 aromatic carbocycles. The summed E-state index contributed by atoms with van der Waals surface area (Å²) in [5.74, 6) is 0.304. The molecule has 0 saturated carbocycles. The highest BCUT2D eigenvalue weighted by Gasteiger charge is 2.38. The minimum atomic E-state index is -0.488. The molecule has 1 saturated heterocycles. The zero-order valence-corrected chi connectivity index (χ0v) is 20.5. The van der Waals surface area contributed by atoms with Crippen LogP contribution < -0.4 is 5.73 Å². The second-order valence-corrected chi connectivity index (χ2v) is 10.2. The molecule has 0 spiro atoms. The SMILES string of the molecule is COC[C@@H]1C(C=O)N(Cc2ccc3c(N)ncnc3c2)CCN1C(=O)C=Cc1ccc(Br)s1. The number of aromatic nitrogens is 2. The van der Waals surface area contributed by atoms with Gasteiger partial charge in [-0.2, -0.15) is 0 Å². The second kappa shape index (κ2) is 10.5. The quantitative estimate of drug-likeness (QED) is 0.370. The molecular weight excluding hydrogens is 506 g/mol. The van der Waals surface area contributed by atoms with Gasteiger partial charge in [-0.15, -0.1) is 11.3 Å². The van der Waals surface area contributed by atoms with Gasteiger partial charge >= 0.3 is 0 Å². The predicted molar refractivity (Wildman–Crippen MR) is 133 cm³/mol. The number of ether oxygens (including phenoxy) is 1. The van der Waals surface area contributed by atoms with Crippen LogP contribution in [-0.2, 0) is 20.9 Å². The number of nitrogens with two attached hydrogens (primary N) is 1. The Morgan fingerprint density at radius 2 is 2.15 bits per heavy atom. The lowest BCUT2D eigenvalue weighted by Gasteiger charge is -2.45. The number of thiophene rings is 1. The lowest BCUT2D eigenvalue weighted by Crippen LogP contribution is -2.62. The van der Waals surface area contributed by atoms with E-state index >= 15 is 0 Å². The maximum Gasteiger partial charge on any atom is 0.247 e. The third kappa shape index (κ3) is 5.30. The molecule has 2 aromatic heterocycles. The number of aldehydes is 1. The Morgan fingerprint density at radius 3 is 2.88 bits per heavy atom. The number of rotatable bonds is 7. The number of methoxy groups -OCH3 is 1. The molecule has 2 atom stereocenters. The molecular formula is C23H24BrN5O3S. The molecule has 1 amide bonds. The lowest BCUT2D eigenvalue weighted by molar-refractivity contribution is -0.138. The number of piperazine rings is 1. The fourth-order valence-electron chi connectivity index (χ4n) is 4.10. The zero-order chi connectivity index (χ0) is 23.4. The van der Waals surface area contributed by atoms with Gasteiger partial charge in [0.25, 0.3) is 0 Å². The molecule has 3 aromatic rings. The van der Waals surface area contributed by atoms with Gasteiger partial charge in [0.2, 0.25) is 5.91 Å². The molecule has 1 aliphatic heterocycles. The maximum atomic E-state index is 13.0. The van der Waals surface area contributed by atoms with E-state index < -0.39 is 6.04 Å². The Kier molecular flexibility index (Phi) is 7.49. The van der Waals surface area contributed by atoms with Crippen molar-refractivity contribution in [2.75, 3.05) is 32.5 Å². The number of nitrogens with zero attached hydrogens (tertiary/aromatic N) is 4. The first-order chi connectivity index (χ1) is 16.0. The van der Waals surface area contributed by atoms with Crippen molar-refractivity contribution in [3.63, 3.8) is 0 Å². The molecule has 10 heteroatoms. The van der Waals surface area contributed by atoms with Crippen LogP contribution in [0.15, 0.2) is 46.5 Å². The molecule has 8 nitrogen and oxygen atoms in total. The second-order valence-electron chi connectivity index (χ2n) is 7.74. The van der Waals surface area contributed by atoms with Crippen LogP contribution in [0.25, 0.3) is 17.0 Å². The monoisotopic (exact) mass is 529 g/mol. The molecule has 2 N–H and O–H groups in total. The lowest BCUT2D eigenvalue weighted by atomic mass is 10.0. The van der Waals surface area contributed by atoms with E-state index in [1.54, 1.807) is 35.5 Å². The van der Waals surface area contributed by atoms with E-state index in [-0.39, 0.29) is 18.6 Å². The van der Waals surface area contributed by atoms with Crippen LogP contribution in [0.4, 0.5) is 5.82 Å². The summed E-state index contributed by atoms with van der Waals surface area (Å²) < 4.78 is 6.39. The van der Waals surface area contributed by atoms with E-state index in [4.69, 9.17) is 10.5 Å². The van der Waals surface area contributed by atoms with Gasteiger partial charge in [-0.3, -0.25) is 9.69 Å². The number of hydrogen-bond acceptors (Lipinski definition) is 8. The highest BCUT2D eigenvalue weighted by Crippen LogP contribution is 2.25. The van der Waals surface area contributed by atoms with Crippen molar-refractivity contribution in [3.05, 3.63) is 57.0 Å². The normalized spacial score (nSPS) is 19.4. The highest BCUT2D eigenvalue weighted by atomic mass is 79.9. The van der Waals surface area contributed by atoms with Crippen LogP contribution in [0, 0.1) is 0 Å². The number of fused-ring (bicyclic) bond motifs is 1. The largest absolute Gasteiger partial charge is 0.383 e. The van der Waals surface area contributed by atoms with Crippen LogP contribution in [0.1, 0.15) is 10.4 Å². The van der Waals surface area contributed by atoms with E-state index in [9.17, 15) is 9.59 Å². The van der Waals surface area contributed by atoms with Gasteiger partial charge in [-0.1, -0.05) is 6.07 Å². The summed E-state index contributed by atoms with van der Waals surface area (Å²) in [5, 5.41) is 0.797. The van der Waals surface area contributed by atoms with Gasteiger partial charge in [0.1, 0.15) is 18.4 Å². The standard InChI is InChI=1S/C23H24BrN5O3S/c1-32-13-20-19(12-30)28(11-15-2-5-17-18(10-15)26-14-27-23(17)25)8-9-29(20)22(31)7-4-16-3-6-21(24)33-16/h2-7,10,12,14,19-20H,8-9,11,13H2,1H3,(H2,25,26,27)/t19?,20-/m1/s1. The molecule has 1 unspecified atom stereocenters. The molecule has 33 heavy (non-hydrogen) atoms. The Labute approximate surface area is 204 Å². The average molecular weight is 530 g/mol. The first-order valence-electron chi connectivity index (χ1n) is 10.4. The molecule has 172 valence electrons. The summed E-state index contributed by atoms with van der Waals surface area (Å²) in [6.45, 7) is 1.88. The summed E-state index contributed by atoms with van der Waals surface area (Å²) in [4.78, 5) is 38.2. The number of benzene rings is 1. The van der Waals surface area contributed by atoms with Crippen LogP contribution in [0.2, 0.25) is 0 Å². The Balaban J connectivity index is 1.52. The first kappa shape index (κ1) is 23.5. The Morgan fingerprint density at radius 1 is 1.30 bits per heavy atom. The number of anilines is 1. The average Bonchev–Trinajstić information content (AvgIpc) is 3.23. The van der Waals surface area contributed by atoms with Crippen LogP contribution in [0.3, 0.4) is 0 Å². The number of nitrogen functional groups attached to an aromatic ring is 1. The van der Waals surface area contributed by atoms with Crippen molar-refractivity contribution < 1.29 is 14.3 Å². The summed E-state index contributed by atoms with van der Waals surface area (Å²) in [6.07, 6.45) is 5.71. The van der Waals surface area contributed by atoms with E-state index in [1.807, 2.05) is 30.3 Å². The summed E-state index contributed by atoms with van der Waals surface area (Å²) in [5.41, 5.74) is 7.69. The van der Waals surface area contributed by atoms with Gasteiger partial charge in [-0.05, 0) is 51.8 Å². The topological polar surface area (TPSA) is 102 Å². The van der Waals surface area contributed by atoms with Gasteiger partial charge < -0.3 is 20.2 Å². The number of halogens is 1. The van der Waals surface area contributed by atoms with E-state index in [0.717, 1.165) is 31.4 Å². The number of amides is 1. The first-order valence-corrected chi connectivity index (χ1v) is 12.0. The molecule has 0 aliphatic carbocycles. The third-order valence-corrected chi connectivity index (χ3v) is 7.29. The smallest absolute Gasteiger partial charge is 0.247 e. The highest BCUT2D eigenvalue weighted by molar-refractivity contribution is 9.11. The van der Waals surface area contributed by atoms with Gasteiger partial charge in [-0.25, -0.2) is 9.97 Å². The summed E-state index contributed by atoms with van der Waals surface area (Å²) in [7, 11) is 1.58. The summed E-state index contributed by atoms with van der Waals surface area (Å²) >= 11 is 4.98. The molecule has 4 rings (SSSR count). The zero-order valence-electron chi connectivity index (χ0n) is 18.1. The fourth-order valence-corrected chi connectivity index (χ4v) is 5.42. The Hall–Kier alpha value is -2.66. The van der Waals surface area contributed by atoms with E-state index in [0.29, 0.717) is 25.5 Å². The maximum absolute atomic E-state index is 13.0.